The van der Waals surface area contributed by atoms with Crippen LogP contribution < -0.4 is 5.32 Å². The lowest BCUT2D eigenvalue weighted by Gasteiger charge is -2.34. The molecule has 1 aliphatic heterocycles. The van der Waals surface area contributed by atoms with Crippen molar-refractivity contribution in [2.45, 2.75) is 6.92 Å². The summed E-state index contributed by atoms with van der Waals surface area (Å²) in [6.07, 6.45) is 4.52. The molecule has 2 aromatic heterocycles. The summed E-state index contributed by atoms with van der Waals surface area (Å²) in [5.74, 6) is 0.554. The zero-order valence-electron chi connectivity index (χ0n) is 13.4. The van der Waals surface area contributed by atoms with Crippen LogP contribution in [0.5, 0.6) is 0 Å². The van der Waals surface area contributed by atoms with E-state index in [4.69, 9.17) is 4.42 Å². The SMILES string of the molecule is CCNc1ncc(C(=O)N2CCN(C(=O)c3ccco3)CC2)cn1. The first-order valence-electron chi connectivity index (χ1n) is 7.87. The second-order valence-electron chi connectivity index (χ2n) is 5.39. The molecule has 1 aliphatic rings. The van der Waals surface area contributed by atoms with Crippen LogP contribution >= 0.6 is 0 Å². The van der Waals surface area contributed by atoms with Crippen molar-refractivity contribution in [3.05, 3.63) is 42.1 Å². The van der Waals surface area contributed by atoms with Crippen LogP contribution in [0.15, 0.2) is 35.2 Å². The van der Waals surface area contributed by atoms with E-state index in [9.17, 15) is 9.59 Å². The van der Waals surface area contributed by atoms with E-state index >= 15 is 0 Å². The summed E-state index contributed by atoms with van der Waals surface area (Å²) in [4.78, 5) is 36.3. The van der Waals surface area contributed by atoms with Gasteiger partial charge in [-0.25, -0.2) is 9.97 Å². The molecule has 1 N–H and O–H groups in total. The second-order valence-corrected chi connectivity index (χ2v) is 5.39. The third kappa shape index (κ3) is 3.37. The quantitative estimate of drug-likeness (QED) is 0.903. The van der Waals surface area contributed by atoms with E-state index in [1.54, 1.807) is 21.9 Å². The number of carbonyl (C=O) groups excluding carboxylic acids is 2. The third-order valence-corrected chi connectivity index (χ3v) is 3.82. The molecule has 1 saturated heterocycles. The molecule has 1 fully saturated rings. The van der Waals surface area contributed by atoms with E-state index in [-0.39, 0.29) is 11.8 Å². The van der Waals surface area contributed by atoms with Crippen LogP contribution in [0.2, 0.25) is 0 Å². The number of carbonyl (C=O) groups is 2. The minimum Gasteiger partial charge on any atom is -0.459 e. The molecule has 0 spiro atoms. The number of rotatable bonds is 4. The first kappa shape index (κ1) is 16.0. The van der Waals surface area contributed by atoms with E-state index < -0.39 is 0 Å². The van der Waals surface area contributed by atoms with Crippen LogP contribution in [0.4, 0.5) is 5.95 Å². The molecular formula is C16H19N5O3. The highest BCUT2D eigenvalue weighted by Crippen LogP contribution is 2.12. The van der Waals surface area contributed by atoms with Crippen LogP contribution in [0, 0.1) is 0 Å². The lowest BCUT2D eigenvalue weighted by Crippen LogP contribution is -2.50. The van der Waals surface area contributed by atoms with Crippen molar-refractivity contribution in [3.8, 4) is 0 Å². The lowest BCUT2D eigenvalue weighted by molar-refractivity contribution is 0.0517. The molecule has 24 heavy (non-hydrogen) atoms. The fourth-order valence-electron chi connectivity index (χ4n) is 2.54. The van der Waals surface area contributed by atoms with Gasteiger partial charge in [-0.05, 0) is 19.1 Å². The van der Waals surface area contributed by atoms with Gasteiger partial charge in [0.15, 0.2) is 5.76 Å². The average molecular weight is 329 g/mol. The number of nitrogens with zero attached hydrogens (tertiary/aromatic N) is 4. The average Bonchev–Trinajstić information content (AvgIpc) is 3.16. The Morgan fingerprint density at radius 3 is 2.29 bits per heavy atom. The molecule has 8 nitrogen and oxygen atoms in total. The van der Waals surface area contributed by atoms with Gasteiger partial charge in [0, 0.05) is 45.1 Å². The summed E-state index contributed by atoms with van der Waals surface area (Å²) in [6, 6.07) is 3.33. The molecule has 126 valence electrons. The van der Waals surface area contributed by atoms with Crippen molar-refractivity contribution >= 4 is 17.8 Å². The summed E-state index contributed by atoms with van der Waals surface area (Å²) in [5.41, 5.74) is 0.447. The normalized spacial score (nSPS) is 14.5. The van der Waals surface area contributed by atoms with Crippen molar-refractivity contribution in [3.63, 3.8) is 0 Å². The third-order valence-electron chi connectivity index (χ3n) is 3.82. The van der Waals surface area contributed by atoms with E-state index in [1.165, 1.54) is 18.7 Å². The summed E-state index contributed by atoms with van der Waals surface area (Å²) in [7, 11) is 0. The topological polar surface area (TPSA) is 91.6 Å². The number of piperazine rings is 1. The number of furan rings is 1. The van der Waals surface area contributed by atoms with Crippen LogP contribution in [0.3, 0.4) is 0 Å². The Kier molecular flexibility index (Phi) is 4.74. The molecule has 3 rings (SSSR count). The zero-order valence-corrected chi connectivity index (χ0v) is 13.4. The first-order chi connectivity index (χ1) is 11.7. The Balaban J connectivity index is 1.57. The van der Waals surface area contributed by atoms with Gasteiger partial charge in [0.2, 0.25) is 5.95 Å². The van der Waals surface area contributed by atoms with Crippen molar-refractivity contribution in [1.29, 1.82) is 0 Å². The van der Waals surface area contributed by atoms with Crippen LogP contribution in [-0.4, -0.2) is 64.3 Å². The minimum atomic E-state index is -0.148. The zero-order chi connectivity index (χ0) is 16.9. The van der Waals surface area contributed by atoms with Gasteiger partial charge in [0.1, 0.15) is 0 Å². The lowest BCUT2D eigenvalue weighted by atomic mass is 10.2. The Morgan fingerprint density at radius 1 is 1.12 bits per heavy atom. The molecule has 0 unspecified atom stereocenters. The standard InChI is InChI=1S/C16H19N5O3/c1-2-17-16-18-10-12(11-19-16)14(22)20-5-7-21(8-6-20)15(23)13-4-3-9-24-13/h3-4,9-11H,2,5-8H2,1H3,(H,17,18,19). The van der Waals surface area contributed by atoms with Crippen molar-refractivity contribution in [2.75, 3.05) is 38.0 Å². The molecule has 0 radical (unpaired) electrons. The van der Waals surface area contributed by atoms with Gasteiger partial charge in [-0.2, -0.15) is 0 Å². The van der Waals surface area contributed by atoms with Crippen LogP contribution in [-0.2, 0) is 0 Å². The van der Waals surface area contributed by atoms with Crippen molar-refractivity contribution in [2.24, 2.45) is 0 Å². The molecule has 8 heteroatoms. The minimum absolute atomic E-state index is 0.122. The summed E-state index contributed by atoms with van der Waals surface area (Å²) in [5, 5.41) is 2.98. The smallest absolute Gasteiger partial charge is 0.289 e. The van der Waals surface area contributed by atoms with Gasteiger partial charge in [0.05, 0.1) is 11.8 Å². The maximum absolute atomic E-state index is 12.5. The Bertz CT molecular complexity index is 691. The molecule has 0 bridgehead atoms. The first-order valence-corrected chi connectivity index (χ1v) is 7.87. The van der Waals surface area contributed by atoms with E-state index in [0.29, 0.717) is 43.5 Å². The van der Waals surface area contributed by atoms with Gasteiger partial charge < -0.3 is 19.5 Å². The van der Waals surface area contributed by atoms with E-state index in [0.717, 1.165) is 6.54 Å². The Morgan fingerprint density at radius 2 is 1.75 bits per heavy atom. The Hall–Kier alpha value is -2.90. The fourth-order valence-corrected chi connectivity index (χ4v) is 2.54. The van der Waals surface area contributed by atoms with E-state index in [2.05, 4.69) is 15.3 Å². The predicted octanol–water partition coefficient (Wildman–Crippen LogP) is 1.10. The molecular weight excluding hydrogens is 310 g/mol. The largest absolute Gasteiger partial charge is 0.459 e. The van der Waals surface area contributed by atoms with Crippen LogP contribution in [0.1, 0.15) is 27.8 Å². The molecule has 2 amide bonds. The second kappa shape index (κ2) is 7.12. The van der Waals surface area contributed by atoms with Gasteiger partial charge >= 0.3 is 0 Å². The maximum atomic E-state index is 12.5. The highest BCUT2D eigenvalue weighted by atomic mass is 16.3. The number of hydrogen-bond acceptors (Lipinski definition) is 6. The number of nitrogens with one attached hydrogen (secondary N) is 1. The van der Waals surface area contributed by atoms with Gasteiger partial charge in [-0.15, -0.1) is 0 Å². The van der Waals surface area contributed by atoms with Gasteiger partial charge in [-0.1, -0.05) is 0 Å². The molecule has 0 aromatic carbocycles. The molecule has 0 saturated carbocycles. The maximum Gasteiger partial charge on any atom is 0.289 e. The predicted molar refractivity (Wildman–Crippen MR) is 86.7 cm³/mol. The van der Waals surface area contributed by atoms with Crippen LogP contribution in [0.25, 0.3) is 0 Å². The molecule has 0 aliphatic carbocycles. The Labute approximate surface area is 139 Å². The number of aromatic nitrogens is 2. The number of hydrogen-bond donors (Lipinski definition) is 1. The summed E-state index contributed by atoms with van der Waals surface area (Å²) >= 11 is 0. The summed E-state index contributed by atoms with van der Waals surface area (Å²) < 4.78 is 5.13. The van der Waals surface area contributed by atoms with Gasteiger partial charge in [0.25, 0.3) is 11.8 Å². The van der Waals surface area contributed by atoms with Gasteiger partial charge in [-0.3, -0.25) is 9.59 Å². The fraction of sp³-hybridized carbons (Fsp3) is 0.375. The monoisotopic (exact) mass is 329 g/mol. The molecule has 2 aromatic rings. The highest BCUT2D eigenvalue weighted by Gasteiger charge is 2.26. The highest BCUT2D eigenvalue weighted by molar-refractivity contribution is 5.94. The number of anilines is 1. The summed E-state index contributed by atoms with van der Waals surface area (Å²) in [6.45, 7) is 4.56. The molecule has 0 atom stereocenters. The van der Waals surface area contributed by atoms with Crippen molar-refractivity contribution < 1.29 is 14.0 Å². The van der Waals surface area contributed by atoms with Crippen molar-refractivity contribution in [1.82, 2.24) is 19.8 Å². The number of amides is 2. The molecule has 3 heterocycles. The van der Waals surface area contributed by atoms with E-state index in [1.807, 2.05) is 6.92 Å².